The van der Waals surface area contributed by atoms with Gasteiger partial charge in [0.05, 0.1) is 16.5 Å². The van der Waals surface area contributed by atoms with Gasteiger partial charge in [0.1, 0.15) is 0 Å². The van der Waals surface area contributed by atoms with E-state index in [9.17, 15) is 19.5 Å². The highest BCUT2D eigenvalue weighted by molar-refractivity contribution is 8.00. The first-order valence-electron chi connectivity index (χ1n) is 7.82. The summed E-state index contributed by atoms with van der Waals surface area (Å²) in [4.78, 5) is 38.4. The maximum absolute atomic E-state index is 12.8. The Bertz CT molecular complexity index is 857. The van der Waals surface area contributed by atoms with Crippen molar-refractivity contribution in [3.63, 3.8) is 0 Å². The summed E-state index contributed by atoms with van der Waals surface area (Å²) in [6.07, 6.45) is 0.0607. The lowest BCUT2D eigenvalue weighted by Gasteiger charge is -2.20. The van der Waals surface area contributed by atoms with E-state index in [1.165, 1.54) is 11.0 Å². The quantitative estimate of drug-likeness (QED) is 0.851. The summed E-state index contributed by atoms with van der Waals surface area (Å²) < 4.78 is 0. The van der Waals surface area contributed by atoms with Crippen LogP contribution in [0.5, 0.6) is 0 Å². The Kier molecular flexibility index (Phi) is 4.63. The van der Waals surface area contributed by atoms with Crippen LogP contribution in [0.3, 0.4) is 0 Å². The number of imide groups is 1. The lowest BCUT2D eigenvalue weighted by molar-refractivity contribution is -0.121. The Labute approximate surface area is 149 Å². The smallest absolute Gasteiger partial charge is 0.336 e. The Balaban J connectivity index is 1.92. The Morgan fingerprint density at radius 2 is 1.72 bits per heavy atom. The lowest BCUT2D eigenvalue weighted by Crippen LogP contribution is -2.32. The fraction of sp³-hybridized carbons (Fsp3) is 0.211. The average molecular weight is 355 g/mol. The maximum atomic E-state index is 12.8. The average Bonchev–Trinajstić information content (AvgIpc) is 2.83. The molecule has 0 radical (unpaired) electrons. The highest BCUT2D eigenvalue weighted by atomic mass is 32.2. The topological polar surface area (TPSA) is 74.7 Å². The van der Waals surface area contributed by atoms with Gasteiger partial charge >= 0.3 is 5.97 Å². The molecule has 2 amide bonds. The van der Waals surface area contributed by atoms with Crippen LogP contribution in [-0.2, 0) is 9.59 Å². The molecule has 2 aromatic carbocycles. The van der Waals surface area contributed by atoms with Gasteiger partial charge in [-0.05, 0) is 37.1 Å². The first-order valence-corrected chi connectivity index (χ1v) is 8.70. The number of benzene rings is 2. The van der Waals surface area contributed by atoms with Crippen LogP contribution in [-0.4, -0.2) is 28.1 Å². The third-order valence-electron chi connectivity index (χ3n) is 4.16. The van der Waals surface area contributed by atoms with Gasteiger partial charge in [-0.3, -0.25) is 9.59 Å². The number of amides is 2. The van der Waals surface area contributed by atoms with Crippen molar-refractivity contribution in [1.82, 2.24) is 0 Å². The molecule has 1 atom stereocenters. The van der Waals surface area contributed by atoms with E-state index >= 15 is 0 Å². The van der Waals surface area contributed by atoms with Crippen molar-refractivity contribution in [3.05, 3.63) is 59.2 Å². The van der Waals surface area contributed by atoms with E-state index in [0.717, 1.165) is 22.9 Å². The predicted octanol–water partition coefficient (Wildman–Crippen LogP) is 3.43. The SMILES string of the molecule is Cc1cccc(C)c1N1C(=O)C[C@H](Sc2ccccc2C(=O)O)C1=O. The van der Waals surface area contributed by atoms with Crippen LogP contribution in [0.4, 0.5) is 5.69 Å². The van der Waals surface area contributed by atoms with Crippen LogP contribution in [0.1, 0.15) is 27.9 Å². The molecule has 0 unspecified atom stereocenters. The number of thioether (sulfide) groups is 1. The minimum Gasteiger partial charge on any atom is -0.478 e. The van der Waals surface area contributed by atoms with Crippen molar-refractivity contribution in [1.29, 1.82) is 0 Å². The zero-order chi connectivity index (χ0) is 18.1. The molecule has 2 aromatic rings. The number of aryl methyl sites for hydroxylation is 2. The molecule has 1 aliphatic heterocycles. The highest BCUT2D eigenvalue weighted by Gasteiger charge is 2.41. The Morgan fingerprint density at radius 3 is 2.36 bits per heavy atom. The van der Waals surface area contributed by atoms with E-state index in [1.54, 1.807) is 18.2 Å². The summed E-state index contributed by atoms with van der Waals surface area (Å²) >= 11 is 1.14. The molecule has 0 aromatic heterocycles. The Morgan fingerprint density at radius 1 is 1.08 bits per heavy atom. The number of carboxylic acids is 1. The molecule has 1 aliphatic rings. The molecule has 5 nitrogen and oxygen atoms in total. The summed E-state index contributed by atoms with van der Waals surface area (Å²) in [5.74, 6) is -1.60. The molecule has 3 rings (SSSR count). The van der Waals surface area contributed by atoms with E-state index in [4.69, 9.17) is 0 Å². The van der Waals surface area contributed by atoms with Crippen molar-refractivity contribution >= 4 is 35.2 Å². The number of aromatic carboxylic acids is 1. The molecule has 1 heterocycles. The van der Waals surface area contributed by atoms with Crippen LogP contribution in [0.2, 0.25) is 0 Å². The third kappa shape index (κ3) is 3.17. The minimum atomic E-state index is -1.05. The van der Waals surface area contributed by atoms with E-state index in [2.05, 4.69) is 0 Å². The molecule has 0 bridgehead atoms. The second-order valence-electron chi connectivity index (χ2n) is 5.92. The molecule has 1 fully saturated rings. The lowest BCUT2D eigenvalue weighted by atomic mass is 10.1. The van der Waals surface area contributed by atoms with Crippen molar-refractivity contribution in [2.24, 2.45) is 0 Å². The summed E-state index contributed by atoms with van der Waals surface area (Å²) in [6, 6.07) is 12.1. The Hall–Kier alpha value is -2.60. The van der Waals surface area contributed by atoms with Gasteiger partial charge in [-0.15, -0.1) is 11.8 Å². The number of carbonyl (C=O) groups excluding carboxylic acids is 2. The number of rotatable bonds is 4. The zero-order valence-corrected chi connectivity index (χ0v) is 14.7. The van der Waals surface area contributed by atoms with Crippen LogP contribution in [0.25, 0.3) is 0 Å². The van der Waals surface area contributed by atoms with Gasteiger partial charge in [-0.2, -0.15) is 0 Å². The normalized spacial score (nSPS) is 17.2. The van der Waals surface area contributed by atoms with Crippen LogP contribution in [0.15, 0.2) is 47.4 Å². The molecule has 0 spiro atoms. The standard InChI is InChI=1S/C19H17NO4S/c1-11-6-5-7-12(2)17(11)20-16(21)10-15(18(20)22)25-14-9-4-3-8-13(14)19(23)24/h3-9,15H,10H2,1-2H3,(H,23,24)/t15-/m0/s1. The van der Waals surface area contributed by atoms with E-state index < -0.39 is 11.2 Å². The second kappa shape index (κ2) is 6.72. The van der Waals surface area contributed by atoms with E-state index in [-0.39, 0.29) is 23.8 Å². The number of anilines is 1. The van der Waals surface area contributed by atoms with Crippen molar-refractivity contribution < 1.29 is 19.5 Å². The molecular weight excluding hydrogens is 338 g/mol. The summed E-state index contributed by atoms with van der Waals surface area (Å²) in [6.45, 7) is 3.73. The number of para-hydroxylation sites is 1. The number of nitrogens with zero attached hydrogens (tertiary/aromatic N) is 1. The fourth-order valence-electron chi connectivity index (χ4n) is 2.99. The van der Waals surface area contributed by atoms with Gasteiger partial charge in [0.2, 0.25) is 11.8 Å². The van der Waals surface area contributed by atoms with Crippen LogP contribution < -0.4 is 4.90 Å². The monoisotopic (exact) mass is 355 g/mol. The summed E-state index contributed by atoms with van der Waals surface area (Å²) in [7, 11) is 0. The minimum absolute atomic E-state index is 0.0607. The van der Waals surface area contributed by atoms with Crippen molar-refractivity contribution in [2.75, 3.05) is 4.90 Å². The number of hydrogen-bond acceptors (Lipinski definition) is 4. The van der Waals surface area contributed by atoms with Crippen LogP contribution >= 0.6 is 11.8 Å². The summed E-state index contributed by atoms with van der Waals surface area (Å²) in [5.41, 5.74) is 2.49. The van der Waals surface area contributed by atoms with Gasteiger partial charge < -0.3 is 5.11 Å². The van der Waals surface area contributed by atoms with E-state index in [0.29, 0.717) is 10.6 Å². The van der Waals surface area contributed by atoms with Crippen LogP contribution in [0, 0.1) is 13.8 Å². The summed E-state index contributed by atoms with van der Waals surface area (Å²) in [5, 5.41) is 8.67. The van der Waals surface area contributed by atoms with Gasteiger partial charge in [-0.25, -0.2) is 9.69 Å². The first-order chi connectivity index (χ1) is 11.9. The molecule has 1 N–H and O–H groups in total. The predicted molar refractivity (Wildman–Crippen MR) is 96.1 cm³/mol. The van der Waals surface area contributed by atoms with Gasteiger partial charge in [0.15, 0.2) is 0 Å². The molecule has 0 aliphatic carbocycles. The maximum Gasteiger partial charge on any atom is 0.336 e. The third-order valence-corrected chi connectivity index (χ3v) is 5.42. The molecule has 25 heavy (non-hydrogen) atoms. The van der Waals surface area contributed by atoms with Crippen molar-refractivity contribution in [2.45, 2.75) is 30.4 Å². The molecule has 6 heteroatoms. The zero-order valence-electron chi connectivity index (χ0n) is 13.9. The largest absolute Gasteiger partial charge is 0.478 e. The number of carboxylic acid groups (broad SMARTS) is 1. The van der Waals surface area contributed by atoms with Gasteiger partial charge in [-0.1, -0.05) is 30.3 Å². The highest BCUT2D eigenvalue weighted by Crippen LogP contribution is 2.37. The van der Waals surface area contributed by atoms with Gasteiger partial charge in [0, 0.05) is 11.3 Å². The second-order valence-corrected chi connectivity index (χ2v) is 7.16. The molecule has 128 valence electrons. The molecular formula is C19H17NO4S. The molecule has 0 saturated carbocycles. The molecule has 1 saturated heterocycles. The number of carbonyl (C=O) groups is 3. The number of hydrogen-bond donors (Lipinski definition) is 1. The van der Waals surface area contributed by atoms with E-state index in [1.807, 2.05) is 32.0 Å². The fourth-order valence-corrected chi connectivity index (χ4v) is 4.17. The first kappa shape index (κ1) is 17.2. The van der Waals surface area contributed by atoms with Crippen molar-refractivity contribution in [3.8, 4) is 0 Å². The van der Waals surface area contributed by atoms with Gasteiger partial charge in [0.25, 0.3) is 0 Å².